The maximum absolute atomic E-state index is 12.7. The molecule has 1 aromatic rings. The molecule has 0 bridgehead atoms. The van der Waals surface area contributed by atoms with Gasteiger partial charge in [0.15, 0.2) is 0 Å². The van der Waals surface area contributed by atoms with Gasteiger partial charge in [0, 0.05) is 45.3 Å². The molecule has 2 aliphatic heterocycles. The molecule has 0 saturated carbocycles. The van der Waals surface area contributed by atoms with E-state index in [9.17, 15) is 13.2 Å². The molecule has 2 N–H and O–H groups in total. The summed E-state index contributed by atoms with van der Waals surface area (Å²) in [6, 6.07) is 9.74. The van der Waals surface area contributed by atoms with Gasteiger partial charge in [-0.2, -0.15) is 4.31 Å². The van der Waals surface area contributed by atoms with Crippen LogP contribution in [0.2, 0.25) is 0 Å². The standard InChI is InChI=1S/C19H29N3O4S.C2H2O4/c1-2-26-19(23)21-10-8-18(9-11-21)20-12-14-22(15-13-20)27(24,25)16-17-6-4-3-5-7-17;3-1(4)2(5)6/h3-7,18H,2,8-16H2,1H3;(H,3,4)(H,5,6). The first kappa shape index (κ1) is 26.6. The molecule has 1 amide bonds. The van der Waals surface area contributed by atoms with Crippen LogP contribution in [0.5, 0.6) is 0 Å². The Hall–Kier alpha value is -2.70. The van der Waals surface area contributed by atoms with Crippen molar-refractivity contribution in [1.29, 1.82) is 0 Å². The second-order valence-corrected chi connectivity index (χ2v) is 9.67. The van der Waals surface area contributed by atoms with E-state index in [-0.39, 0.29) is 11.8 Å². The number of hydrogen-bond donors (Lipinski definition) is 2. The topological polar surface area (TPSA) is 145 Å². The van der Waals surface area contributed by atoms with E-state index in [1.54, 1.807) is 9.21 Å². The summed E-state index contributed by atoms with van der Waals surface area (Å²) in [5, 5.41) is 14.8. The molecule has 12 heteroatoms. The first-order chi connectivity index (χ1) is 15.6. The Labute approximate surface area is 193 Å². The highest BCUT2D eigenvalue weighted by Gasteiger charge is 2.32. The van der Waals surface area contributed by atoms with Crippen LogP contribution in [0.3, 0.4) is 0 Å². The van der Waals surface area contributed by atoms with Gasteiger partial charge in [-0.15, -0.1) is 0 Å². The number of amides is 1. The van der Waals surface area contributed by atoms with E-state index in [1.807, 2.05) is 37.3 Å². The molecule has 2 saturated heterocycles. The number of rotatable bonds is 5. The minimum absolute atomic E-state index is 0.0613. The zero-order valence-corrected chi connectivity index (χ0v) is 19.4. The lowest BCUT2D eigenvalue weighted by atomic mass is 10.0. The summed E-state index contributed by atoms with van der Waals surface area (Å²) in [5.41, 5.74) is 0.825. The minimum Gasteiger partial charge on any atom is -0.473 e. The van der Waals surface area contributed by atoms with Crippen molar-refractivity contribution in [2.75, 3.05) is 45.9 Å². The van der Waals surface area contributed by atoms with Gasteiger partial charge >= 0.3 is 18.0 Å². The van der Waals surface area contributed by atoms with Gasteiger partial charge in [-0.25, -0.2) is 22.8 Å². The zero-order valence-electron chi connectivity index (χ0n) is 18.6. The van der Waals surface area contributed by atoms with Gasteiger partial charge in [0.2, 0.25) is 10.0 Å². The smallest absolute Gasteiger partial charge is 0.414 e. The van der Waals surface area contributed by atoms with Gasteiger partial charge in [0.05, 0.1) is 12.4 Å². The maximum atomic E-state index is 12.7. The lowest BCUT2D eigenvalue weighted by Gasteiger charge is -2.42. The fourth-order valence-electron chi connectivity index (χ4n) is 3.85. The van der Waals surface area contributed by atoms with Crippen molar-refractivity contribution in [3.63, 3.8) is 0 Å². The quantitative estimate of drug-likeness (QED) is 0.581. The van der Waals surface area contributed by atoms with Gasteiger partial charge in [-0.05, 0) is 25.3 Å². The summed E-state index contributed by atoms with van der Waals surface area (Å²) in [7, 11) is -3.28. The molecule has 184 valence electrons. The number of carboxylic acid groups (broad SMARTS) is 2. The molecule has 2 fully saturated rings. The number of hydrogen-bond acceptors (Lipinski definition) is 7. The Kier molecular flexibility index (Phi) is 10.1. The van der Waals surface area contributed by atoms with Crippen molar-refractivity contribution >= 4 is 28.1 Å². The summed E-state index contributed by atoms with van der Waals surface area (Å²) < 4.78 is 32.0. The van der Waals surface area contributed by atoms with E-state index in [4.69, 9.17) is 24.5 Å². The number of carboxylic acids is 2. The summed E-state index contributed by atoms with van der Waals surface area (Å²) in [6.45, 7) is 6.19. The molecule has 0 unspecified atom stereocenters. The largest absolute Gasteiger partial charge is 0.473 e. The van der Waals surface area contributed by atoms with Gasteiger partial charge in [0.1, 0.15) is 0 Å². The number of carbonyl (C=O) groups is 3. The van der Waals surface area contributed by atoms with Crippen LogP contribution < -0.4 is 0 Å². The number of piperazine rings is 1. The van der Waals surface area contributed by atoms with Crippen LogP contribution in [0.1, 0.15) is 25.3 Å². The van der Waals surface area contributed by atoms with Crippen LogP contribution in [-0.4, -0.2) is 103 Å². The number of piperidine rings is 1. The number of ether oxygens (including phenoxy) is 1. The second kappa shape index (κ2) is 12.5. The molecule has 1 aromatic carbocycles. The second-order valence-electron chi connectivity index (χ2n) is 7.70. The van der Waals surface area contributed by atoms with Crippen molar-refractivity contribution in [2.24, 2.45) is 0 Å². The first-order valence-corrected chi connectivity index (χ1v) is 12.4. The number of aliphatic carboxylic acids is 2. The monoisotopic (exact) mass is 485 g/mol. The Morgan fingerprint density at radius 1 is 0.939 bits per heavy atom. The SMILES string of the molecule is CCOC(=O)N1CCC(N2CCN(S(=O)(=O)Cc3ccccc3)CC2)CC1.O=C(O)C(=O)O. The number of sulfonamides is 1. The van der Waals surface area contributed by atoms with Crippen molar-refractivity contribution in [1.82, 2.24) is 14.1 Å². The third-order valence-electron chi connectivity index (χ3n) is 5.55. The lowest BCUT2D eigenvalue weighted by Crippen LogP contribution is -2.54. The third-order valence-corrected chi connectivity index (χ3v) is 7.40. The fourth-order valence-corrected chi connectivity index (χ4v) is 5.37. The molecule has 0 aromatic heterocycles. The molecule has 2 aliphatic rings. The van der Waals surface area contributed by atoms with Crippen LogP contribution >= 0.6 is 0 Å². The molecular formula is C21H31N3O8S. The molecule has 0 radical (unpaired) electrons. The molecule has 3 rings (SSSR count). The van der Waals surface area contributed by atoms with Gasteiger partial charge < -0.3 is 19.8 Å². The average molecular weight is 486 g/mol. The fraction of sp³-hybridized carbons (Fsp3) is 0.571. The first-order valence-electron chi connectivity index (χ1n) is 10.8. The number of nitrogens with zero attached hydrogens (tertiary/aromatic N) is 3. The number of carbonyl (C=O) groups excluding carboxylic acids is 1. The summed E-state index contributed by atoms with van der Waals surface area (Å²) >= 11 is 0. The Bertz CT molecular complexity index is 881. The van der Waals surface area contributed by atoms with E-state index in [0.717, 1.165) is 31.5 Å². The molecule has 0 aliphatic carbocycles. The van der Waals surface area contributed by atoms with Crippen LogP contribution in [-0.2, 0) is 30.1 Å². The van der Waals surface area contributed by atoms with E-state index in [1.165, 1.54) is 0 Å². The summed E-state index contributed by atoms with van der Waals surface area (Å²) in [4.78, 5) is 34.1. The van der Waals surface area contributed by atoms with Gasteiger partial charge in [-0.3, -0.25) is 4.90 Å². The van der Waals surface area contributed by atoms with Gasteiger partial charge in [-0.1, -0.05) is 30.3 Å². The van der Waals surface area contributed by atoms with Gasteiger partial charge in [0.25, 0.3) is 0 Å². The number of benzene rings is 1. The van der Waals surface area contributed by atoms with Crippen LogP contribution in [0.4, 0.5) is 4.79 Å². The highest BCUT2D eigenvalue weighted by atomic mass is 32.2. The predicted octanol–water partition coefficient (Wildman–Crippen LogP) is 0.911. The third kappa shape index (κ3) is 8.30. The Morgan fingerprint density at radius 3 is 1.97 bits per heavy atom. The van der Waals surface area contributed by atoms with E-state index in [2.05, 4.69) is 4.90 Å². The van der Waals surface area contributed by atoms with Crippen molar-refractivity contribution in [3.8, 4) is 0 Å². The van der Waals surface area contributed by atoms with Crippen LogP contribution in [0.25, 0.3) is 0 Å². The van der Waals surface area contributed by atoms with E-state index >= 15 is 0 Å². The minimum atomic E-state index is -3.28. The number of likely N-dealkylation sites (tertiary alicyclic amines) is 1. The zero-order chi connectivity index (χ0) is 24.4. The van der Waals surface area contributed by atoms with E-state index in [0.29, 0.717) is 38.8 Å². The maximum Gasteiger partial charge on any atom is 0.414 e. The molecule has 11 nitrogen and oxygen atoms in total. The van der Waals surface area contributed by atoms with E-state index < -0.39 is 22.0 Å². The highest BCUT2D eigenvalue weighted by molar-refractivity contribution is 7.88. The van der Waals surface area contributed by atoms with Crippen molar-refractivity contribution in [3.05, 3.63) is 35.9 Å². The van der Waals surface area contributed by atoms with Crippen LogP contribution in [0, 0.1) is 0 Å². The van der Waals surface area contributed by atoms with Crippen molar-refractivity contribution in [2.45, 2.75) is 31.6 Å². The Morgan fingerprint density at radius 2 is 1.48 bits per heavy atom. The Balaban J connectivity index is 0.000000569. The summed E-state index contributed by atoms with van der Waals surface area (Å²) in [5.74, 6) is -3.59. The average Bonchev–Trinajstić information content (AvgIpc) is 2.80. The molecule has 0 spiro atoms. The highest BCUT2D eigenvalue weighted by Crippen LogP contribution is 2.21. The molecular weight excluding hydrogens is 454 g/mol. The molecule has 2 heterocycles. The van der Waals surface area contributed by atoms with Crippen LogP contribution in [0.15, 0.2) is 30.3 Å². The normalized spacial score (nSPS) is 18.2. The predicted molar refractivity (Wildman–Crippen MR) is 119 cm³/mol. The molecule has 33 heavy (non-hydrogen) atoms. The molecule has 0 atom stereocenters. The van der Waals surface area contributed by atoms with Crippen molar-refractivity contribution < 1.29 is 37.8 Å². The summed E-state index contributed by atoms with van der Waals surface area (Å²) in [6.07, 6.45) is 1.60. The lowest BCUT2D eigenvalue weighted by molar-refractivity contribution is -0.159.